The fraction of sp³-hybridized carbons (Fsp3) is 0.630. The van der Waals surface area contributed by atoms with Crippen molar-refractivity contribution >= 4 is 35.6 Å². The van der Waals surface area contributed by atoms with Crippen LogP contribution >= 0.6 is 11.3 Å². The number of hydrogen-bond acceptors (Lipinski definition) is 10. The molecule has 0 unspecified atom stereocenters. The van der Waals surface area contributed by atoms with Crippen molar-refractivity contribution in [2.45, 2.75) is 89.9 Å². The fourth-order valence-corrected chi connectivity index (χ4v) is 5.08. The number of rotatable bonds is 9. The van der Waals surface area contributed by atoms with Gasteiger partial charge in [0.2, 0.25) is 11.8 Å². The second kappa shape index (κ2) is 12.6. The number of amides is 2. The van der Waals surface area contributed by atoms with E-state index in [1.807, 2.05) is 6.92 Å². The Kier molecular flexibility index (Phi) is 9.40. The standard InChI is InChI=1S/C27H35F2N5O6S/c1-5-6-11-38-24(36)33-13-19(14-33)39-21-12-20(31-22(32-21)23-30-17(15-35)16-41-23)34(25(37)40-26(2,3)4)18-7-9-27(28,29)10-8-18/h12,15-16,18-19H,5-11,13-14H2,1-4H3. The first-order valence-corrected chi connectivity index (χ1v) is 14.5. The van der Waals surface area contributed by atoms with Crippen molar-refractivity contribution < 1.29 is 37.4 Å². The van der Waals surface area contributed by atoms with Crippen molar-refractivity contribution in [3.05, 3.63) is 17.1 Å². The van der Waals surface area contributed by atoms with Crippen LogP contribution in [0.5, 0.6) is 5.88 Å². The van der Waals surface area contributed by atoms with Crippen LogP contribution < -0.4 is 9.64 Å². The van der Waals surface area contributed by atoms with Crippen LogP contribution in [-0.4, -0.2) is 81.7 Å². The van der Waals surface area contributed by atoms with Crippen LogP contribution in [0.4, 0.5) is 24.2 Å². The van der Waals surface area contributed by atoms with E-state index in [0.717, 1.165) is 24.2 Å². The van der Waals surface area contributed by atoms with Gasteiger partial charge in [0.25, 0.3) is 0 Å². The van der Waals surface area contributed by atoms with Crippen LogP contribution in [0, 0.1) is 0 Å². The van der Waals surface area contributed by atoms with E-state index in [9.17, 15) is 23.2 Å². The van der Waals surface area contributed by atoms with Crippen LogP contribution in [0.1, 0.15) is 76.7 Å². The summed E-state index contributed by atoms with van der Waals surface area (Å²) >= 11 is 1.14. The number of halogens is 2. The van der Waals surface area contributed by atoms with Crippen molar-refractivity contribution in [2.24, 2.45) is 0 Å². The lowest BCUT2D eigenvalue weighted by atomic mass is 9.91. The normalized spacial score (nSPS) is 17.5. The van der Waals surface area contributed by atoms with E-state index in [2.05, 4.69) is 15.0 Å². The molecule has 1 aliphatic heterocycles. The highest BCUT2D eigenvalue weighted by Gasteiger charge is 2.41. The molecule has 2 aliphatic rings. The van der Waals surface area contributed by atoms with Gasteiger partial charge >= 0.3 is 12.2 Å². The third-order valence-electron chi connectivity index (χ3n) is 6.53. The number of ether oxygens (including phenoxy) is 3. The molecule has 0 radical (unpaired) electrons. The first-order chi connectivity index (χ1) is 19.4. The van der Waals surface area contributed by atoms with Crippen molar-refractivity contribution in [2.75, 3.05) is 24.6 Å². The molecule has 0 atom stereocenters. The average molecular weight is 596 g/mol. The minimum atomic E-state index is -2.80. The maximum atomic E-state index is 14.0. The summed E-state index contributed by atoms with van der Waals surface area (Å²) in [4.78, 5) is 52.9. The van der Waals surface area contributed by atoms with Crippen molar-refractivity contribution in [3.8, 4) is 16.7 Å². The minimum absolute atomic E-state index is 0.0477. The Bertz CT molecular complexity index is 1240. The number of aldehydes is 1. The Hall–Kier alpha value is -3.42. The zero-order valence-electron chi connectivity index (χ0n) is 23.6. The highest BCUT2D eigenvalue weighted by molar-refractivity contribution is 7.13. The van der Waals surface area contributed by atoms with Crippen LogP contribution in [0.25, 0.3) is 10.8 Å². The third kappa shape index (κ3) is 8.08. The van der Waals surface area contributed by atoms with E-state index in [1.165, 1.54) is 15.9 Å². The minimum Gasteiger partial charge on any atom is -0.470 e. The molecule has 0 aromatic carbocycles. The summed E-state index contributed by atoms with van der Waals surface area (Å²) in [6.45, 7) is 8.04. The number of anilines is 1. The van der Waals surface area contributed by atoms with Gasteiger partial charge in [0, 0.05) is 30.3 Å². The topological polar surface area (TPSA) is 124 Å². The van der Waals surface area contributed by atoms with Gasteiger partial charge in [0.05, 0.1) is 19.7 Å². The lowest BCUT2D eigenvalue weighted by molar-refractivity contribution is -0.0388. The summed E-state index contributed by atoms with van der Waals surface area (Å²) in [6.07, 6.45) is 0.0821. The van der Waals surface area contributed by atoms with Gasteiger partial charge < -0.3 is 19.1 Å². The van der Waals surface area contributed by atoms with Gasteiger partial charge in [-0.2, -0.15) is 4.98 Å². The number of hydrogen-bond donors (Lipinski definition) is 0. The second-order valence-corrected chi connectivity index (χ2v) is 12.0. The number of thiazole rings is 1. The van der Waals surface area contributed by atoms with E-state index in [0.29, 0.717) is 17.9 Å². The summed E-state index contributed by atoms with van der Waals surface area (Å²) in [5.74, 6) is -2.50. The smallest absolute Gasteiger partial charge is 0.416 e. The highest BCUT2D eigenvalue weighted by Crippen LogP contribution is 2.38. The Balaban J connectivity index is 1.62. The molecule has 41 heavy (non-hydrogen) atoms. The SMILES string of the molecule is CCCCOC(=O)N1CC(Oc2cc(N(C(=O)OC(C)(C)C)C3CCC(F)(F)CC3)nc(-c3nc(C=O)cs3)n2)C1. The monoisotopic (exact) mass is 595 g/mol. The van der Waals surface area contributed by atoms with E-state index >= 15 is 0 Å². The molecule has 224 valence electrons. The number of alkyl halides is 2. The van der Waals surface area contributed by atoms with Gasteiger partial charge in [-0.05, 0) is 40.0 Å². The number of unbranched alkanes of at least 4 members (excludes halogenated alkanes) is 1. The number of likely N-dealkylation sites (tertiary alicyclic amines) is 1. The second-order valence-electron chi connectivity index (χ2n) is 11.1. The maximum Gasteiger partial charge on any atom is 0.416 e. The molecule has 14 heteroatoms. The van der Waals surface area contributed by atoms with E-state index in [1.54, 1.807) is 26.2 Å². The Labute approximate surface area is 241 Å². The van der Waals surface area contributed by atoms with Crippen molar-refractivity contribution in [1.82, 2.24) is 19.9 Å². The average Bonchev–Trinajstić information content (AvgIpc) is 3.36. The summed E-state index contributed by atoms with van der Waals surface area (Å²) in [7, 11) is 0. The highest BCUT2D eigenvalue weighted by atomic mass is 32.1. The quantitative estimate of drug-likeness (QED) is 0.264. The first kappa shape index (κ1) is 30.5. The van der Waals surface area contributed by atoms with Crippen LogP contribution in [0.15, 0.2) is 11.4 Å². The molecule has 11 nitrogen and oxygen atoms in total. The number of carbonyl (C=O) groups is 3. The molecular weight excluding hydrogens is 560 g/mol. The van der Waals surface area contributed by atoms with Crippen molar-refractivity contribution in [1.29, 1.82) is 0 Å². The van der Waals surface area contributed by atoms with Gasteiger partial charge in [-0.1, -0.05) is 13.3 Å². The molecule has 1 saturated heterocycles. The van der Waals surface area contributed by atoms with E-state index in [4.69, 9.17) is 14.2 Å². The summed E-state index contributed by atoms with van der Waals surface area (Å²) in [5, 5.41) is 1.86. The molecule has 1 aliphatic carbocycles. The first-order valence-electron chi connectivity index (χ1n) is 13.7. The van der Waals surface area contributed by atoms with Crippen molar-refractivity contribution in [3.63, 3.8) is 0 Å². The van der Waals surface area contributed by atoms with Gasteiger partial charge in [-0.15, -0.1) is 11.3 Å². The molecule has 2 fully saturated rings. The molecule has 0 N–H and O–H groups in total. The van der Waals surface area contributed by atoms with E-state index in [-0.39, 0.29) is 62.0 Å². The zero-order valence-corrected chi connectivity index (χ0v) is 24.4. The number of aromatic nitrogens is 3. The molecule has 2 aromatic heterocycles. The van der Waals surface area contributed by atoms with E-state index < -0.39 is 35.9 Å². The molecule has 2 amide bonds. The maximum absolute atomic E-state index is 14.0. The molecule has 0 bridgehead atoms. The van der Waals surface area contributed by atoms with Crippen LogP contribution in [0.3, 0.4) is 0 Å². The zero-order chi connectivity index (χ0) is 29.8. The Morgan fingerprint density at radius 2 is 1.90 bits per heavy atom. The molecule has 4 rings (SSSR count). The summed E-state index contributed by atoms with van der Waals surface area (Å²) in [5.41, 5.74) is -0.658. The van der Waals surface area contributed by atoms with Crippen LogP contribution in [-0.2, 0) is 9.47 Å². The predicted octanol–water partition coefficient (Wildman–Crippen LogP) is 5.73. The number of nitrogens with zero attached hydrogens (tertiary/aromatic N) is 5. The largest absolute Gasteiger partial charge is 0.470 e. The fourth-order valence-electron chi connectivity index (χ4n) is 4.39. The Morgan fingerprint density at radius 1 is 1.20 bits per heavy atom. The van der Waals surface area contributed by atoms with Gasteiger partial charge in [0.15, 0.2) is 17.1 Å². The molecule has 0 spiro atoms. The van der Waals surface area contributed by atoms with Crippen LogP contribution in [0.2, 0.25) is 0 Å². The molecule has 3 heterocycles. The van der Waals surface area contributed by atoms with Gasteiger partial charge in [-0.3, -0.25) is 9.69 Å². The molecule has 2 aromatic rings. The molecule has 1 saturated carbocycles. The number of carbonyl (C=O) groups excluding carboxylic acids is 3. The lowest BCUT2D eigenvalue weighted by Gasteiger charge is -2.38. The van der Waals surface area contributed by atoms with Gasteiger partial charge in [-0.25, -0.2) is 28.3 Å². The summed E-state index contributed by atoms with van der Waals surface area (Å²) in [6, 6.07) is 0.857. The molecular formula is C27H35F2N5O6S. The van der Waals surface area contributed by atoms with Gasteiger partial charge in [0.1, 0.15) is 23.2 Å². The Morgan fingerprint density at radius 3 is 2.51 bits per heavy atom. The predicted molar refractivity (Wildman–Crippen MR) is 147 cm³/mol. The lowest BCUT2D eigenvalue weighted by Crippen LogP contribution is -2.56. The summed E-state index contributed by atoms with van der Waals surface area (Å²) < 4.78 is 45.0. The third-order valence-corrected chi connectivity index (χ3v) is 7.39.